The minimum absolute atomic E-state index is 1.27. The standard InChI is InChI=1S/C14H13B.C5H6N2/c15-11-14(12-7-3-1-4-8-12)13-9-5-2-6-10-13;1-2-7-4-3-6-5-7/h1-11H,15H2;2-5H,1H2. The van der Waals surface area contributed by atoms with Gasteiger partial charge in [-0.1, -0.05) is 67.2 Å². The molecule has 0 saturated carbocycles. The zero-order valence-electron chi connectivity index (χ0n) is 12.8. The van der Waals surface area contributed by atoms with E-state index in [1.54, 1.807) is 23.3 Å². The third-order valence-corrected chi connectivity index (χ3v) is 3.19. The molecule has 0 saturated heterocycles. The Bertz CT molecular complexity index is 660. The van der Waals surface area contributed by atoms with Gasteiger partial charge in [0.15, 0.2) is 0 Å². The van der Waals surface area contributed by atoms with Crippen LogP contribution in [0.1, 0.15) is 11.1 Å². The smallest absolute Gasteiger partial charge is 0.130 e. The van der Waals surface area contributed by atoms with Gasteiger partial charge in [0.2, 0.25) is 0 Å². The van der Waals surface area contributed by atoms with Crippen LogP contribution < -0.4 is 0 Å². The Morgan fingerprint density at radius 1 is 0.955 bits per heavy atom. The zero-order valence-corrected chi connectivity index (χ0v) is 12.8. The van der Waals surface area contributed by atoms with Crippen LogP contribution in [0.25, 0.3) is 11.8 Å². The molecule has 2 nitrogen and oxygen atoms in total. The molecular weight excluding hydrogens is 267 g/mol. The molecule has 3 heteroatoms. The summed E-state index contributed by atoms with van der Waals surface area (Å²) in [5.74, 6) is 2.16. The molecule has 0 spiro atoms. The lowest BCUT2D eigenvalue weighted by Crippen LogP contribution is -1.87. The molecule has 2 aromatic carbocycles. The van der Waals surface area contributed by atoms with E-state index in [0.29, 0.717) is 0 Å². The van der Waals surface area contributed by atoms with Crippen LogP contribution in [-0.2, 0) is 0 Å². The van der Waals surface area contributed by atoms with Gasteiger partial charge in [-0.3, -0.25) is 0 Å². The average Bonchev–Trinajstić information content (AvgIpc) is 3.12. The first-order valence-corrected chi connectivity index (χ1v) is 7.22. The molecule has 3 rings (SSSR count). The highest BCUT2D eigenvalue weighted by molar-refractivity contribution is 6.21. The van der Waals surface area contributed by atoms with E-state index in [1.807, 2.05) is 18.3 Å². The zero-order chi connectivity index (χ0) is 15.6. The van der Waals surface area contributed by atoms with Gasteiger partial charge in [-0.2, -0.15) is 0 Å². The number of nitrogens with zero attached hydrogens (tertiary/aromatic N) is 2. The van der Waals surface area contributed by atoms with Gasteiger partial charge in [0.25, 0.3) is 0 Å². The number of aromatic nitrogens is 2. The summed E-state index contributed by atoms with van der Waals surface area (Å²) < 4.78 is 1.78. The maximum absolute atomic E-state index is 3.78. The first-order valence-electron chi connectivity index (χ1n) is 7.22. The Morgan fingerprint density at radius 3 is 1.82 bits per heavy atom. The Kier molecular flexibility index (Phi) is 6.00. The van der Waals surface area contributed by atoms with Crippen LogP contribution in [0.2, 0.25) is 0 Å². The fourth-order valence-electron chi connectivity index (χ4n) is 2.11. The van der Waals surface area contributed by atoms with E-state index in [1.165, 1.54) is 16.7 Å². The van der Waals surface area contributed by atoms with Gasteiger partial charge in [0.1, 0.15) is 7.85 Å². The average molecular weight is 286 g/mol. The minimum Gasteiger partial charge on any atom is -0.314 e. The SMILES string of the molecule is BC=C(c1ccccc1)c1ccccc1.C=Cn1ccnc1. The highest BCUT2D eigenvalue weighted by atomic mass is 15.0. The topological polar surface area (TPSA) is 17.8 Å². The van der Waals surface area contributed by atoms with Crippen molar-refractivity contribution >= 4 is 19.6 Å². The molecule has 0 radical (unpaired) electrons. The Labute approximate surface area is 132 Å². The van der Waals surface area contributed by atoms with Gasteiger partial charge in [-0.15, -0.1) is 5.98 Å². The van der Waals surface area contributed by atoms with E-state index >= 15 is 0 Å². The van der Waals surface area contributed by atoms with Gasteiger partial charge >= 0.3 is 0 Å². The summed E-state index contributed by atoms with van der Waals surface area (Å²) in [5, 5.41) is 0. The van der Waals surface area contributed by atoms with Crippen LogP contribution in [0.4, 0.5) is 0 Å². The van der Waals surface area contributed by atoms with Crippen molar-refractivity contribution in [2.75, 3.05) is 0 Å². The second-order valence-corrected chi connectivity index (χ2v) is 4.63. The quantitative estimate of drug-likeness (QED) is 0.671. The van der Waals surface area contributed by atoms with Crippen molar-refractivity contribution in [1.29, 1.82) is 0 Å². The Morgan fingerprint density at radius 2 is 1.50 bits per heavy atom. The van der Waals surface area contributed by atoms with Crippen molar-refractivity contribution in [2.24, 2.45) is 0 Å². The number of rotatable bonds is 3. The Balaban J connectivity index is 0.000000211. The number of benzene rings is 2. The monoisotopic (exact) mass is 286 g/mol. The van der Waals surface area contributed by atoms with E-state index < -0.39 is 0 Å². The molecule has 0 bridgehead atoms. The van der Waals surface area contributed by atoms with Crippen molar-refractivity contribution in [3.05, 3.63) is 103 Å². The lowest BCUT2D eigenvalue weighted by Gasteiger charge is -2.07. The highest BCUT2D eigenvalue weighted by Gasteiger charge is 2.01. The van der Waals surface area contributed by atoms with Crippen LogP contribution in [0.3, 0.4) is 0 Å². The molecule has 3 aromatic rings. The summed E-state index contributed by atoms with van der Waals surface area (Å²) in [5.41, 5.74) is 3.83. The summed E-state index contributed by atoms with van der Waals surface area (Å²) >= 11 is 0. The molecule has 0 unspecified atom stereocenters. The molecule has 0 aliphatic rings. The number of hydrogen-bond donors (Lipinski definition) is 0. The predicted octanol–water partition coefficient (Wildman–Crippen LogP) is 3.69. The van der Waals surface area contributed by atoms with Gasteiger partial charge in [0, 0.05) is 18.6 Å². The largest absolute Gasteiger partial charge is 0.314 e. The molecule has 0 amide bonds. The third kappa shape index (κ3) is 4.35. The van der Waals surface area contributed by atoms with Gasteiger partial charge < -0.3 is 4.57 Å². The second kappa shape index (κ2) is 8.47. The van der Waals surface area contributed by atoms with Crippen molar-refractivity contribution in [3.63, 3.8) is 0 Å². The number of imidazole rings is 1. The van der Waals surface area contributed by atoms with Crippen LogP contribution in [-0.4, -0.2) is 17.4 Å². The summed E-state index contributed by atoms with van der Waals surface area (Å²) in [6.45, 7) is 3.53. The van der Waals surface area contributed by atoms with E-state index in [-0.39, 0.29) is 0 Å². The summed E-state index contributed by atoms with van der Waals surface area (Å²) in [6, 6.07) is 20.9. The van der Waals surface area contributed by atoms with Gasteiger partial charge in [-0.25, -0.2) is 4.98 Å². The highest BCUT2D eigenvalue weighted by Crippen LogP contribution is 2.21. The minimum atomic E-state index is 1.27. The van der Waals surface area contributed by atoms with Gasteiger partial charge in [0.05, 0.1) is 6.33 Å². The maximum Gasteiger partial charge on any atom is 0.130 e. The molecule has 22 heavy (non-hydrogen) atoms. The van der Waals surface area contributed by atoms with E-state index in [2.05, 4.69) is 73.9 Å². The second-order valence-electron chi connectivity index (χ2n) is 4.63. The summed E-state index contributed by atoms with van der Waals surface area (Å²) in [6.07, 6.45) is 6.91. The van der Waals surface area contributed by atoms with Crippen molar-refractivity contribution < 1.29 is 0 Å². The fourth-order valence-corrected chi connectivity index (χ4v) is 2.11. The lowest BCUT2D eigenvalue weighted by atomic mass is 9.92. The molecule has 0 aliphatic heterocycles. The summed E-state index contributed by atoms with van der Waals surface area (Å²) in [7, 11) is 2.08. The van der Waals surface area contributed by atoms with Crippen LogP contribution >= 0.6 is 0 Å². The third-order valence-electron chi connectivity index (χ3n) is 3.19. The molecule has 0 aliphatic carbocycles. The van der Waals surface area contributed by atoms with Crippen molar-refractivity contribution in [3.8, 4) is 0 Å². The van der Waals surface area contributed by atoms with Crippen LogP contribution in [0.15, 0.2) is 91.9 Å². The van der Waals surface area contributed by atoms with Crippen LogP contribution in [0, 0.1) is 0 Å². The Hall–Kier alpha value is -2.81. The van der Waals surface area contributed by atoms with E-state index in [9.17, 15) is 0 Å². The molecule has 0 atom stereocenters. The maximum atomic E-state index is 3.78. The molecule has 1 aromatic heterocycles. The van der Waals surface area contributed by atoms with Crippen molar-refractivity contribution in [1.82, 2.24) is 9.55 Å². The summed E-state index contributed by atoms with van der Waals surface area (Å²) in [4.78, 5) is 3.78. The molecule has 0 fully saturated rings. The lowest BCUT2D eigenvalue weighted by molar-refractivity contribution is 1.14. The first-order chi connectivity index (χ1) is 10.8. The predicted molar refractivity (Wildman–Crippen MR) is 97.1 cm³/mol. The van der Waals surface area contributed by atoms with E-state index in [0.717, 1.165) is 0 Å². The molecule has 1 heterocycles. The van der Waals surface area contributed by atoms with Gasteiger partial charge in [-0.05, 0) is 16.7 Å². The van der Waals surface area contributed by atoms with Crippen LogP contribution in [0.5, 0.6) is 0 Å². The normalized spacial score (nSPS) is 9.27. The fraction of sp³-hybridized carbons (Fsp3) is 0. The molecule has 0 N–H and O–H groups in total. The van der Waals surface area contributed by atoms with E-state index in [4.69, 9.17) is 0 Å². The number of hydrogen-bond acceptors (Lipinski definition) is 1. The first kappa shape index (κ1) is 15.6. The molecular formula is C19H19BN2. The molecule has 108 valence electrons. The van der Waals surface area contributed by atoms with Crippen molar-refractivity contribution in [2.45, 2.75) is 0 Å².